The highest BCUT2D eigenvalue weighted by molar-refractivity contribution is 5.93. The van der Waals surface area contributed by atoms with Crippen LogP contribution in [0.3, 0.4) is 0 Å². The van der Waals surface area contributed by atoms with E-state index in [1.165, 1.54) is 23.6 Å². The number of aliphatic hydroxyl groups excluding tert-OH is 2. The minimum atomic E-state index is -1.26. The van der Waals surface area contributed by atoms with E-state index in [-0.39, 0.29) is 6.54 Å². The van der Waals surface area contributed by atoms with Crippen molar-refractivity contribution in [3.8, 4) is 0 Å². The lowest BCUT2D eigenvalue weighted by atomic mass is 10.1. The Bertz CT molecular complexity index is 642. The topological polar surface area (TPSA) is 179 Å². The van der Waals surface area contributed by atoms with E-state index in [0.717, 1.165) is 12.8 Å². The van der Waals surface area contributed by atoms with Crippen LogP contribution in [0.2, 0.25) is 0 Å². The lowest BCUT2D eigenvalue weighted by Gasteiger charge is -2.31. The summed E-state index contributed by atoms with van der Waals surface area (Å²) in [4.78, 5) is 52.4. The summed E-state index contributed by atoms with van der Waals surface area (Å²) in [6.07, 6.45) is 1.20. The van der Waals surface area contributed by atoms with E-state index in [1.807, 2.05) is 6.92 Å². The van der Waals surface area contributed by atoms with Crippen molar-refractivity contribution in [2.24, 2.45) is 11.5 Å². The molecule has 11 heteroatoms. The molecule has 31 heavy (non-hydrogen) atoms. The Morgan fingerprint density at radius 3 is 2.32 bits per heavy atom. The van der Waals surface area contributed by atoms with Crippen LogP contribution >= 0.6 is 0 Å². The molecule has 1 fully saturated rings. The van der Waals surface area contributed by atoms with Crippen molar-refractivity contribution >= 4 is 23.6 Å². The third kappa shape index (κ3) is 7.75. The minimum absolute atomic E-state index is 0.262. The number of hydrogen-bond acceptors (Lipinski definition) is 7. The van der Waals surface area contributed by atoms with Gasteiger partial charge in [-0.05, 0) is 33.1 Å². The number of likely N-dealkylation sites (tertiary alicyclic amines) is 1. The van der Waals surface area contributed by atoms with E-state index in [2.05, 4.69) is 5.32 Å². The third-order valence-corrected chi connectivity index (χ3v) is 5.44. The molecule has 1 rings (SSSR count). The van der Waals surface area contributed by atoms with Gasteiger partial charge in [0.2, 0.25) is 23.6 Å². The zero-order valence-corrected chi connectivity index (χ0v) is 18.6. The summed E-state index contributed by atoms with van der Waals surface area (Å²) >= 11 is 0. The van der Waals surface area contributed by atoms with Crippen LogP contribution in [0.25, 0.3) is 0 Å². The molecule has 0 aliphatic carbocycles. The highest BCUT2D eigenvalue weighted by atomic mass is 16.3. The second kappa shape index (κ2) is 12.6. The summed E-state index contributed by atoms with van der Waals surface area (Å²) in [5.74, 6) is -2.41. The zero-order valence-electron chi connectivity index (χ0n) is 18.6. The van der Waals surface area contributed by atoms with E-state index in [4.69, 9.17) is 11.5 Å². The lowest BCUT2D eigenvalue weighted by Crippen LogP contribution is -2.57. The SMILES string of the molecule is CCCCCN(CC(=O)N1CCC[C@H]1C(=O)N[C@H](C(N)=O)[C@@H](C)O)C(=O)[C@@H](N)[C@@H](C)O. The van der Waals surface area contributed by atoms with Crippen molar-refractivity contribution < 1.29 is 29.4 Å². The number of nitrogens with two attached hydrogens (primary N) is 2. The predicted molar refractivity (Wildman–Crippen MR) is 113 cm³/mol. The number of primary amides is 1. The Hall–Kier alpha value is -2.24. The average molecular weight is 444 g/mol. The van der Waals surface area contributed by atoms with Gasteiger partial charge in [-0.1, -0.05) is 19.8 Å². The molecule has 4 amide bonds. The van der Waals surface area contributed by atoms with Crippen LogP contribution < -0.4 is 16.8 Å². The molecule has 0 spiro atoms. The van der Waals surface area contributed by atoms with Gasteiger partial charge in [-0.3, -0.25) is 19.2 Å². The molecule has 178 valence electrons. The number of rotatable bonds is 12. The number of aliphatic hydroxyl groups is 2. The van der Waals surface area contributed by atoms with Crippen molar-refractivity contribution in [1.82, 2.24) is 15.1 Å². The second-order valence-corrected chi connectivity index (χ2v) is 8.11. The van der Waals surface area contributed by atoms with Crippen LogP contribution in [0.5, 0.6) is 0 Å². The van der Waals surface area contributed by atoms with Gasteiger partial charge in [0.05, 0.1) is 18.8 Å². The van der Waals surface area contributed by atoms with E-state index < -0.39 is 54.0 Å². The van der Waals surface area contributed by atoms with Crippen LogP contribution in [-0.4, -0.2) is 93.6 Å². The Balaban J connectivity index is 2.89. The van der Waals surface area contributed by atoms with E-state index in [9.17, 15) is 29.4 Å². The average Bonchev–Trinajstić information content (AvgIpc) is 3.19. The van der Waals surface area contributed by atoms with Gasteiger partial charge in [0.25, 0.3) is 0 Å². The van der Waals surface area contributed by atoms with Gasteiger partial charge in [0.15, 0.2) is 0 Å². The van der Waals surface area contributed by atoms with Gasteiger partial charge in [0, 0.05) is 13.1 Å². The first-order valence-electron chi connectivity index (χ1n) is 10.8. The summed E-state index contributed by atoms with van der Waals surface area (Å²) in [5, 5.41) is 21.7. The quantitative estimate of drug-likeness (QED) is 0.217. The molecule has 0 aromatic rings. The molecule has 5 atom stereocenters. The summed E-state index contributed by atoms with van der Waals surface area (Å²) in [6, 6.07) is -3.23. The normalized spacial score (nSPS) is 19.9. The van der Waals surface area contributed by atoms with Crippen molar-refractivity contribution in [2.45, 2.75) is 83.2 Å². The highest BCUT2D eigenvalue weighted by Gasteiger charge is 2.37. The maximum Gasteiger partial charge on any atom is 0.243 e. The summed E-state index contributed by atoms with van der Waals surface area (Å²) in [5.41, 5.74) is 11.0. The van der Waals surface area contributed by atoms with Gasteiger partial charge in [-0.2, -0.15) is 0 Å². The maximum atomic E-state index is 13.0. The molecule has 7 N–H and O–H groups in total. The van der Waals surface area contributed by atoms with Crippen LogP contribution in [-0.2, 0) is 19.2 Å². The first kappa shape index (κ1) is 26.8. The largest absolute Gasteiger partial charge is 0.391 e. The first-order valence-corrected chi connectivity index (χ1v) is 10.8. The van der Waals surface area contributed by atoms with Crippen molar-refractivity contribution in [3.63, 3.8) is 0 Å². The molecule has 0 aromatic heterocycles. The number of hydrogen-bond donors (Lipinski definition) is 5. The molecule has 0 unspecified atom stereocenters. The molecule has 11 nitrogen and oxygen atoms in total. The minimum Gasteiger partial charge on any atom is -0.391 e. The lowest BCUT2D eigenvalue weighted by molar-refractivity contribution is -0.145. The number of carbonyl (C=O) groups excluding carboxylic acids is 4. The van der Waals surface area contributed by atoms with Gasteiger partial charge in [-0.25, -0.2) is 0 Å². The smallest absolute Gasteiger partial charge is 0.243 e. The van der Waals surface area contributed by atoms with E-state index in [1.54, 1.807) is 0 Å². The predicted octanol–water partition coefficient (Wildman–Crippen LogP) is -1.94. The van der Waals surface area contributed by atoms with E-state index >= 15 is 0 Å². The second-order valence-electron chi connectivity index (χ2n) is 8.11. The molecule has 1 aliphatic rings. The van der Waals surface area contributed by atoms with E-state index in [0.29, 0.717) is 32.4 Å². The van der Waals surface area contributed by atoms with Gasteiger partial charge >= 0.3 is 0 Å². The number of unbranched alkanes of at least 4 members (excludes halogenated alkanes) is 2. The number of amides is 4. The van der Waals surface area contributed by atoms with Gasteiger partial charge < -0.3 is 36.8 Å². The van der Waals surface area contributed by atoms with Crippen LogP contribution in [0.1, 0.15) is 52.9 Å². The van der Waals surface area contributed by atoms with Crippen molar-refractivity contribution in [1.29, 1.82) is 0 Å². The van der Waals surface area contributed by atoms with Crippen LogP contribution in [0, 0.1) is 0 Å². The molecule has 1 saturated heterocycles. The Morgan fingerprint density at radius 1 is 1.16 bits per heavy atom. The molecule has 0 bridgehead atoms. The molecule has 1 heterocycles. The molecular weight excluding hydrogens is 406 g/mol. The first-order chi connectivity index (χ1) is 14.5. The number of nitrogens with zero attached hydrogens (tertiary/aromatic N) is 2. The van der Waals surface area contributed by atoms with Crippen molar-refractivity contribution in [2.75, 3.05) is 19.6 Å². The van der Waals surface area contributed by atoms with Gasteiger partial charge in [0.1, 0.15) is 18.1 Å². The maximum absolute atomic E-state index is 13.0. The summed E-state index contributed by atoms with van der Waals surface area (Å²) in [6.45, 7) is 5.13. The Morgan fingerprint density at radius 2 is 1.81 bits per heavy atom. The molecule has 0 saturated carbocycles. The molecule has 0 radical (unpaired) electrons. The standard InChI is InChI=1S/C20H37N5O6/c1-4-5-6-9-24(20(31)16(21)12(2)26)11-15(28)25-10-7-8-14(25)19(30)23-17(13(3)27)18(22)29/h12-14,16-17,26-27H,4-11,21H2,1-3H3,(H2,22,29)(H,23,30)/t12-,13-,14+,16+,17+/m1/s1. The number of nitrogens with one attached hydrogen (secondary N) is 1. The highest BCUT2D eigenvalue weighted by Crippen LogP contribution is 2.19. The molecule has 0 aromatic carbocycles. The van der Waals surface area contributed by atoms with Crippen molar-refractivity contribution in [3.05, 3.63) is 0 Å². The molecular formula is C20H37N5O6. The third-order valence-electron chi connectivity index (χ3n) is 5.44. The van der Waals surface area contributed by atoms with Crippen LogP contribution in [0.4, 0.5) is 0 Å². The van der Waals surface area contributed by atoms with Gasteiger partial charge in [-0.15, -0.1) is 0 Å². The summed E-state index contributed by atoms with van der Waals surface area (Å²) in [7, 11) is 0. The fourth-order valence-electron chi connectivity index (χ4n) is 3.51. The molecule has 1 aliphatic heterocycles. The fraction of sp³-hybridized carbons (Fsp3) is 0.800. The van der Waals surface area contributed by atoms with Crippen LogP contribution in [0.15, 0.2) is 0 Å². The fourth-order valence-corrected chi connectivity index (χ4v) is 3.51. The Kier molecular flexibility index (Phi) is 10.9. The zero-order chi connectivity index (χ0) is 23.7. The summed E-state index contributed by atoms with van der Waals surface area (Å²) < 4.78 is 0. The monoisotopic (exact) mass is 443 g/mol. The Labute approximate surface area is 183 Å². The number of carbonyl (C=O) groups is 4.